The molecule has 0 aliphatic carbocycles. The predicted octanol–water partition coefficient (Wildman–Crippen LogP) is -2.37. The van der Waals surface area contributed by atoms with E-state index in [-0.39, 0.29) is 11.4 Å². The summed E-state index contributed by atoms with van der Waals surface area (Å²) >= 11 is 0. The van der Waals surface area contributed by atoms with Crippen molar-refractivity contribution in [2.45, 2.75) is 0 Å². The van der Waals surface area contributed by atoms with E-state index in [1.807, 2.05) is 0 Å². The van der Waals surface area contributed by atoms with Gasteiger partial charge in [0.25, 0.3) is 0 Å². The van der Waals surface area contributed by atoms with Crippen LogP contribution in [0.2, 0.25) is 0 Å². The van der Waals surface area contributed by atoms with Gasteiger partial charge in [-0.2, -0.15) is 0 Å². The molecule has 2 amide bonds. The Hall–Kier alpha value is -2.23. The molecule has 1 heterocycles. The second kappa shape index (κ2) is 6.30. The smallest absolute Gasteiger partial charge is 0.309 e. The number of nitrogens with two attached hydrogens (primary N) is 2. The number of urea groups is 1. The van der Waals surface area contributed by atoms with Gasteiger partial charge < -0.3 is 22.1 Å². The molecule has 0 aromatic rings. The number of amides is 2. The van der Waals surface area contributed by atoms with Crippen LogP contribution in [0.3, 0.4) is 0 Å². The molecule has 0 aromatic heterocycles. The highest BCUT2D eigenvalue weighted by Gasteiger charge is 2.10. The van der Waals surface area contributed by atoms with E-state index in [4.69, 9.17) is 4.79 Å². The summed E-state index contributed by atoms with van der Waals surface area (Å²) in [5, 5.41) is 5.40. The largest absolute Gasteiger partial charge is 0.372 e. The van der Waals surface area contributed by atoms with Gasteiger partial charge in [0.2, 0.25) is 0 Å². The van der Waals surface area contributed by atoms with Crippen molar-refractivity contribution < 1.29 is 14.4 Å². The molecular formula is C7H10N4O3. The van der Waals surface area contributed by atoms with Crippen LogP contribution >= 0.6 is 0 Å². The summed E-state index contributed by atoms with van der Waals surface area (Å²) in [6.07, 6.45) is 0. The third-order valence-corrected chi connectivity index (χ3v) is 1.18. The Balaban J connectivity index is 0.000000364. The van der Waals surface area contributed by atoms with E-state index in [1.165, 1.54) is 0 Å². The van der Waals surface area contributed by atoms with Gasteiger partial charge in [0.05, 0.1) is 0 Å². The molecule has 14 heavy (non-hydrogen) atoms. The molecule has 76 valence electrons. The molecule has 0 saturated carbocycles. The minimum absolute atomic E-state index is 0.168. The van der Waals surface area contributed by atoms with E-state index < -0.39 is 6.03 Å². The van der Waals surface area contributed by atoms with Gasteiger partial charge in [-0.05, 0) is 0 Å². The van der Waals surface area contributed by atoms with E-state index in [0.717, 1.165) is 0 Å². The zero-order valence-corrected chi connectivity index (χ0v) is 7.29. The fraction of sp³-hybridized carbons (Fsp3) is 0.286. The van der Waals surface area contributed by atoms with E-state index in [2.05, 4.69) is 22.1 Å². The standard InChI is InChI=1S/C6H6N2O2.CH4N2O/c9-3-5-6(4-10)8-2-1-7-5;2-1(3)4/h7-8H,1-2H2;(H4,2,3,4). The Morgan fingerprint density at radius 3 is 1.57 bits per heavy atom. The Morgan fingerprint density at radius 2 is 1.36 bits per heavy atom. The van der Waals surface area contributed by atoms with E-state index in [0.29, 0.717) is 13.1 Å². The van der Waals surface area contributed by atoms with Crippen molar-refractivity contribution in [3.63, 3.8) is 0 Å². The maximum atomic E-state index is 10.1. The van der Waals surface area contributed by atoms with Gasteiger partial charge in [-0.1, -0.05) is 0 Å². The maximum Gasteiger partial charge on any atom is 0.309 e. The van der Waals surface area contributed by atoms with Crippen molar-refractivity contribution >= 4 is 17.9 Å². The third kappa shape index (κ3) is 4.61. The van der Waals surface area contributed by atoms with Crippen molar-refractivity contribution in [3.05, 3.63) is 11.4 Å². The first-order valence-electron chi connectivity index (χ1n) is 3.65. The number of carbonyl (C=O) groups excluding carboxylic acids is 3. The van der Waals surface area contributed by atoms with Crippen LogP contribution in [0.15, 0.2) is 11.4 Å². The van der Waals surface area contributed by atoms with Gasteiger partial charge in [-0.25, -0.2) is 14.4 Å². The average Bonchev–Trinajstić information content (AvgIpc) is 2.17. The molecule has 7 nitrogen and oxygen atoms in total. The van der Waals surface area contributed by atoms with Crippen molar-refractivity contribution in [1.82, 2.24) is 10.6 Å². The molecule has 0 spiro atoms. The van der Waals surface area contributed by atoms with Crippen LogP contribution in [0.4, 0.5) is 4.79 Å². The predicted molar refractivity (Wildman–Crippen MR) is 48.2 cm³/mol. The summed E-state index contributed by atoms with van der Waals surface area (Å²) in [7, 11) is 0. The highest BCUT2D eigenvalue weighted by atomic mass is 16.2. The fourth-order valence-electron chi connectivity index (χ4n) is 0.726. The number of rotatable bonds is 0. The molecule has 1 saturated heterocycles. The van der Waals surface area contributed by atoms with Gasteiger partial charge in [-0.15, -0.1) is 0 Å². The highest BCUT2D eigenvalue weighted by molar-refractivity contribution is 5.70. The van der Waals surface area contributed by atoms with Gasteiger partial charge in [0, 0.05) is 13.1 Å². The number of nitrogens with one attached hydrogen (secondary N) is 2. The summed E-state index contributed by atoms with van der Waals surface area (Å²) in [4.78, 5) is 29.1. The number of hydrogen-bond acceptors (Lipinski definition) is 5. The number of carbonyl (C=O) groups is 1. The molecule has 1 aliphatic rings. The van der Waals surface area contributed by atoms with Crippen LogP contribution < -0.4 is 22.1 Å². The average molecular weight is 198 g/mol. The third-order valence-electron chi connectivity index (χ3n) is 1.18. The molecule has 7 heteroatoms. The SMILES string of the molecule is NC(N)=O.O=C=C1NCCNC1=C=O. The number of primary amides is 2. The number of piperazine rings is 1. The fourth-order valence-corrected chi connectivity index (χ4v) is 0.726. The molecule has 1 fully saturated rings. The molecule has 0 unspecified atom stereocenters. The Kier molecular flexibility index (Phi) is 5.30. The monoisotopic (exact) mass is 198 g/mol. The van der Waals surface area contributed by atoms with Gasteiger partial charge in [0.15, 0.2) is 23.3 Å². The zero-order chi connectivity index (χ0) is 11.0. The summed E-state index contributed by atoms with van der Waals surface area (Å²) < 4.78 is 0. The molecule has 0 aromatic carbocycles. The first kappa shape index (κ1) is 11.8. The summed E-state index contributed by atoms with van der Waals surface area (Å²) in [5.74, 6) is 3.20. The van der Waals surface area contributed by atoms with Gasteiger partial charge >= 0.3 is 6.03 Å². The van der Waals surface area contributed by atoms with E-state index >= 15 is 0 Å². The van der Waals surface area contributed by atoms with Crippen LogP contribution in [0.5, 0.6) is 0 Å². The minimum atomic E-state index is -0.833. The maximum absolute atomic E-state index is 10.1. The van der Waals surface area contributed by atoms with Crippen LogP contribution in [0, 0.1) is 0 Å². The van der Waals surface area contributed by atoms with Crippen LogP contribution in [0.1, 0.15) is 0 Å². The summed E-state index contributed by atoms with van der Waals surface area (Å²) in [6.45, 7) is 1.27. The molecular weight excluding hydrogens is 188 g/mol. The van der Waals surface area contributed by atoms with Gasteiger partial charge in [0.1, 0.15) is 0 Å². The lowest BCUT2D eigenvalue weighted by Crippen LogP contribution is -2.37. The molecule has 6 N–H and O–H groups in total. The Bertz CT molecular complexity index is 283. The van der Waals surface area contributed by atoms with E-state index in [9.17, 15) is 9.59 Å². The second-order valence-corrected chi connectivity index (χ2v) is 2.21. The highest BCUT2D eigenvalue weighted by Crippen LogP contribution is 1.96. The van der Waals surface area contributed by atoms with Gasteiger partial charge in [-0.3, -0.25) is 0 Å². The molecule has 1 rings (SSSR count). The van der Waals surface area contributed by atoms with E-state index in [1.54, 1.807) is 11.9 Å². The first-order chi connectivity index (χ1) is 6.61. The Morgan fingerprint density at radius 1 is 1.07 bits per heavy atom. The molecule has 0 bridgehead atoms. The van der Waals surface area contributed by atoms with Crippen molar-refractivity contribution in [1.29, 1.82) is 0 Å². The topological polar surface area (TPSA) is 127 Å². The van der Waals surface area contributed by atoms with Crippen LogP contribution in [-0.2, 0) is 9.59 Å². The summed E-state index contributed by atoms with van der Waals surface area (Å²) in [5.41, 5.74) is 8.84. The van der Waals surface area contributed by atoms with Crippen molar-refractivity contribution in [2.75, 3.05) is 13.1 Å². The lowest BCUT2D eigenvalue weighted by atomic mass is 10.3. The molecule has 0 radical (unpaired) electrons. The summed E-state index contributed by atoms with van der Waals surface area (Å²) in [6, 6.07) is -0.833. The second-order valence-electron chi connectivity index (χ2n) is 2.21. The quantitative estimate of drug-likeness (QED) is 0.323. The van der Waals surface area contributed by atoms with Crippen molar-refractivity contribution in [3.8, 4) is 0 Å². The van der Waals surface area contributed by atoms with Crippen LogP contribution in [0.25, 0.3) is 0 Å². The van der Waals surface area contributed by atoms with Crippen molar-refractivity contribution in [2.24, 2.45) is 11.5 Å². The number of hydrogen-bond donors (Lipinski definition) is 4. The lowest BCUT2D eigenvalue weighted by molar-refractivity contribution is 0.256. The molecule has 1 aliphatic heterocycles. The lowest BCUT2D eigenvalue weighted by Gasteiger charge is -2.15. The zero-order valence-electron chi connectivity index (χ0n) is 7.29. The first-order valence-corrected chi connectivity index (χ1v) is 3.65. The molecule has 0 atom stereocenters. The van der Waals surface area contributed by atoms with Crippen LogP contribution in [-0.4, -0.2) is 31.0 Å². The minimum Gasteiger partial charge on any atom is -0.372 e. The normalized spacial score (nSPS) is 13.4. The Labute approximate surface area is 79.8 Å².